The minimum atomic E-state index is -0.101. The Morgan fingerprint density at radius 1 is 0.706 bits per heavy atom. The van der Waals surface area contributed by atoms with Crippen molar-refractivity contribution < 1.29 is 13.6 Å². The van der Waals surface area contributed by atoms with Crippen LogP contribution in [-0.2, 0) is 13.1 Å². The molecule has 0 aliphatic carbocycles. The average molecular weight is 467 g/mol. The van der Waals surface area contributed by atoms with Gasteiger partial charge < -0.3 is 28.6 Å². The van der Waals surface area contributed by atoms with Crippen molar-refractivity contribution in [1.82, 2.24) is 40.2 Å². The van der Waals surface area contributed by atoms with Gasteiger partial charge in [0, 0.05) is 22.5 Å². The van der Waals surface area contributed by atoms with E-state index >= 15 is 0 Å². The number of nitrogens with one attached hydrogen (secondary N) is 2. The van der Waals surface area contributed by atoms with Crippen molar-refractivity contribution in [3.8, 4) is 23.2 Å². The Balaban J connectivity index is 1.69. The lowest BCUT2D eigenvalue weighted by Gasteiger charge is -2.04. The molecule has 4 aromatic rings. The van der Waals surface area contributed by atoms with Crippen molar-refractivity contribution in [2.24, 2.45) is 0 Å². The maximum absolute atomic E-state index is 13.7. The molecule has 0 aliphatic heterocycles. The Bertz CT molecular complexity index is 1240. The average Bonchev–Trinajstić information content (AvgIpc) is 3.49. The quantitative estimate of drug-likeness (QED) is 0.376. The molecule has 0 bridgehead atoms. The van der Waals surface area contributed by atoms with Gasteiger partial charge in [-0.1, -0.05) is 0 Å². The van der Waals surface area contributed by atoms with Gasteiger partial charge in [0.1, 0.15) is 11.4 Å². The second kappa shape index (κ2) is 8.99. The molecule has 4 aromatic heterocycles. The first-order valence-corrected chi connectivity index (χ1v) is 10.9. The van der Waals surface area contributed by atoms with Crippen LogP contribution in [0, 0.1) is 27.7 Å². The molecule has 0 atom stereocenters. The van der Waals surface area contributed by atoms with Gasteiger partial charge in [-0.15, -0.1) is 20.4 Å². The number of aromatic nitrogens is 6. The van der Waals surface area contributed by atoms with Crippen LogP contribution in [0.25, 0.3) is 23.2 Å². The largest absolute Gasteiger partial charge is 0.418 e. The number of rotatable bonds is 8. The SMILES string of the molecule is Cc1[nH]c(-c2nnc(CN(C)C)o2)c(C)c1C(=O)c1c(C)[nH]c(-c2nnc(CN(C)C)o2)c1C. The molecule has 34 heavy (non-hydrogen) atoms. The fraction of sp³-hybridized carbons (Fsp3) is 0.435. The predicted octanol–water partition coefficient (Wildman–Crippen LogP) is 3.03. The van der Waals surface area contributed by atoms with E-state index < -0.39 is 0 Å². The van der Waals surface area contributed by atoms with Crippen LogP contribution in [0.2, 0.25) is 0 Å². The number of carbonyl (C=O) groups excluding carboxylic acids is 1. The molecule has 0 saturated heterocycles. The summed E-state index contributed by atoms with van der Waals surface area (Å²) < 4.78 is 11.6. The van der Waals surface area contributed by atoms with E-state index in [4.69, 9.17) is 8.83 Å². The molecule has 4 heterocycles. The minimum absolute atomic E-state index is 0.101. The lowest BCUT2D eigenvalue weighted by molar-refractivity contribution is 0.103. The lowest BCUT2D eigenvalue weighted by atomic mass is 9.96. The van der Waals surface area contributed by atoms with Gasteiger partial charge in [-0.25, -0.2) is 0 Å². The van der Waals surface area contributed by atoms with Crippen LogP contribution in [0.15, 0.2) is 8.83 Å². The second-order valence-corrected chi connectivity index (χ2v) is 9.06. The van der Waals surface area contributed by atoms with Gasteiger partial charge in [-0.3, -0.25) is 4.79 Å². The van der Waals surface area contributed by atoms with E-state index in [-0.39, 0.29) is 5.78 Å². The van der Waals surface area contributed by atoms with Crippen LogP contribution in [0.1, 0.15) is 50.2 Å². The summed E-state index contributed by atoms with van der Waals surface area (Å²) in [5, 5.41) is 16.5. The Morgan fingerprint density at radius 2 is 1.09 bits per heavy atom. The first-order valence-electron chi connectivity index (χ1n) is 10.9. The molecule has 0 unspecified atom stereocenters. The third kappa shape index (κ3) is 4.31. The summed E-state index contributed by atoms with van der Waals surface area (Å²) in [6.45, 7) is 8.56. The third-order valence-corrected chi connectivity index (χ3v) is 5.59. The molecule has 11 nitrogen and oxygen atoms in total. The van der Waals surface area contributed by atoms with Gasteiger partial charge in [0.15, 0.2) is 5.78 Å². The second-order valence-electron chi connectivity index (χ2n) is 9.06. The zero-order valence-electron chi connectivity index (χ0n) is 20.8. The number of ketones is 1. The van der Waals surface area contributed by atoms with Gasteiger partial charge >= 0.3 is 0 Å². The maximum atomic E-state index is 13.7. The smallest absolute Gasteiger partial charge is 0.264 e. The fourth-order valence-electron chi connectivity index (χ4n) is 4.11. The highest BCUT2D eigenvalue weighted by Crippen LogP contribution is 2.33. The van der Waals surface area contributed by atoms with Gasteiger partial charge in [0.05, 0.1) is 13.1 Å². The first kappa shape index (κ1) is 23.6. The van der Waals surface area contributed by atoms with Crippen LogP contribution in [0.4, 0.5) is 0 Å². The molecule has 0 aromatic carbocycles. The Labute approximate surface area is 197 Å². The van der Waals surface area contributed by atoms with Crippen LogP contribution in [0.5, 0.6) is 0 Å². The van der Waals surface area contributed by atoms with Crippen LogP contribution in [0.3, 0.4) is 0 Å². The van der Waals surface area contributed by atoms with Crippen molar-refractivity contribution in [3.63, 3.8) is 0 Å². The van der Waals surface area contributed by atoms with Crippen LogP contribution in [-0.4, -0.2) is 74.1 Å². The summed E-state index contributed by atoms with van der Waals surface area (Å²) in [5.41, 5.74) is 5.44. The van der Waals surface area contributed by atoms with E-state index in [9.17, 15) is 4.79 Å². The van der Waals surface area contributed by atoms with E-state index in [1.807, 2.05) is 65.7 Å². The molecule has 0 spiro atoms. The topological polar surface area (TPSA) is 133 Å². The monoisotopic (exact) mass is 466 g/mol. The Hall–Kier alpha value is -3.57. The normalized spacial score (nSPS) is 11.8. The molecular formula is C23H30N8O3. The third-order valence-electron chi connectivity index (χ3n) is 5.59. The number of aryl methyl sites for hydroxylation is 2. The molecular weight excluding hydrogens is 436 g/mol. The standard InChI is InChI=1S/C23H30N8O3/c1-11-17(13(3)24-19(11)22-28-26-15(33-22)9-30(5)6)21(32)18-12(2)20(25-14(18)4)23-29-27-16(34-23)10-31(7)8/h24-25H,9-10H2,1-8H3. The van der Waals surface area contributed by atoms with Gasteiger partial charge in [-0.05, 0) is 67.0 Å². The van der Waals surface area contributed by atoms with E-state index in [0.29, 0.717) is 59.2 Å². The summed E-state index contributed by atoms with van der Waals surface area (Å²) in [5.74, 6) is 1.64. The molecule has 2 N–H and O–H groups in total. The summed E-state index contributed by atoms with van der Waals surface area (Å²) in [6.07, 6.45) is 0. The summed E-state index contributed by atoms with van der Waals surface area (Å²) in [7, 11) is 7.71. The highest BCUT2D eigenvalue weighted by Gasteiger charge is 2.28. The summed E-state index contributed by atoms with van der Waals surface area (Å²) in [6, 6.07) is 0. The number of hydrogen-bond donors (Lipinski definition) is 2. The number of hydrogen-bond acceptors (Lipinski definition) is 9. The Morgan fingerprint density at radius 3 is 1.44 bits per heavy atom. The van der Waals surface area contributed by atoms with E-state index in [1.165, 1.54) is 0 Å². The van der Waals surface area contributed by atoms with Gasteiger partial charge in [-0.2, -0.15) is 0 Å². The molecule has 0 aliphatic rings. The van der Waals surface area contributed by atoms with Crippen molar-refractivity contribution in [3.05, 3.63) is 45.4 Å². The summed E-state index contributed by atoms with van der Waals surface area (Å²) in [4.78, 5) is 24.1. The molecule has 4 rings (SSSR count). The Kier molecular flexibility index (Phi) is 6.24. The van der Waals surface area contributed by atoms with E-state index in [0.717, 1.165) is 22.5 Å². The number of nitrogens with zero attached hydrogens (tertiary/aromatic N) is 6. The first-order chi connectivity index (χ1) is 16.1. The van der Waals surface area contributed by atoms with Gasteiger partial charge in [0.25, 0.3) is 11.8 Å². The lowest BCUT2D eigenvalue weighted by Crippen LogP contribution is -2.10. The molecule has 11 heteroatoms. The van der Waals surface area contributed by atoms with Crippen LogP contribution < -0.4 is 0 Å². The number of aromatic amines is 2. The van der Waals surface area contributed by atoms with Crippen LogP contribution >= 0.6 is 0 Å². The fourth-order valence-corrected chi connectivity index (χ4v) is 4.11. The zero-order chi connectivity index (χ0) is 24.7. The highest BCUT2D eigenvalue weighted by molar-refractivity contribution is 6.13. The number of carbonyl (C=O) groups is 1. The number of H-pyrrole nitrogens is 2. The molecule has 0 amide bonds. The zero-order valence-corrected chi connectivity index (χ0v) is 20.8. The van der Waals surface area contributed by atoms with Crippen molar-refractivity contribution in [1.29, 1.82) is 0 Å². The molecule has 0 saturated carbocycles. The predicted molar refractivity (Wildman–Crippen MR) is 125 cm³/mol. The van der Waals surface area contributed by atoms with E-state index in [2.05, 4.69) is 30.4 Å². The van der Waals surface area contributed by atoms with Crippen molar-refractivity contribution >= 4 is 5.78 Å². The van der Waals surface area contributed by atoms with Gasteiger partial charge in [0.2, 0.25) is 11.8 Å². The highest BCUT2D eigenvalue weighted by atomic mass is 16.4. The maximum Gasteiger partial charge on any atom is 0.264 e. The molecule has 0 fully saturated rings. The minimum Gasteiger partial charge on any atom is -0.418 e. The van der Waals surface area contributed by atoms with Crippen molar-refractivity contribution in [2.45, 2.75) is 40.8 Å². The molecule has 0 radical (unpaired) electrons. The molecule has 180 valence electrons. The van der Waals surface area contributed by atoms with Crippen molar-refractivity contribution in [2.75, 3.05) is 28.2 Å². The van der Waals surface area contributed by atoms with E-state index in [1.54, 1.807) is 0 Å². The summed E-state index contributed by atoms with van der Waals surface area (Å²) >= 11 is 0.